The number of nitrogens with zero attached hydrogens (tertiary/aromatic N) is 1. The number of aromatic nitrogens is 1. The van der Waals surface area contributed by atoms with E-state index in [1.807, 2.05) is 0 Å². The third kappa shape index (κ3) is 5.72. The third-order valence-electron chi connectivity index (χ3n) is 3.94. The van der Waals surface area contributed by atoms with Crippen molar-refractivity contribution in [1.82, 2.24) is 4.98 Å². The van der Waals surface area contributed by atoms with Crippen LogP contribution in [-0.2, 0) is 14.8 Å². The van der Waals surface area contributed by atoms with E-state index in [1.165, 1.54) is 12.1 Å². The first kappa shape index (κ1) is 24.3. The van der Waals surface area contributed by atoms with E-state index in [-0.39, 0.29) is 22.3 Å². The summed E-state index contributed by atoms with van der Waals surface area (Å²) in [7, 11) is -4.36. The lowest BCUT2D eigenvalue weighted by atomic mass is 10.3. The predicted octanol–water partition coefficient (Wildman–Crippen LogP) is 4.46. The summed E-state index contributed by atoms with van der Waals surface area (Å²) in [6, 6.07) is 7.49. The fraction of sp³-hybridized carbons (Fsp3) is 0.0526. The summed E-state index contributed by atoms with van der Waals surface area (Å²) >= 11 is 12.0. The molecular weight excluding hydrogens is 507 g/mol. The molecule has 0 saturated carbocycles. The Morgan fingerprint density at radius 2 is 1.76 bits per heavy atom. The zero-order chi connectivity index (χ0) is 24.3. The van der Waals surface area contributed by atoms with Gasteiger partial charge >= 0.3 is 5.97 Å². The normalized spacial score (nSPS) is 11.2. The van der Waals surface area contributed by atoms with Gasteiger partial charge in [0, 0.05) is 11.8 Å². The van der Waals surface area contributed by atoms with Crippen LogP contribution >= 0.6 is 23.2 Å². The van der Waals surface area contributed by atoms with Crippen LogP contribution in [-0.4, -0.2) is 36.1 Å². The molecule has 0 aliphatic carbocycles. The van der Waals surface area contributed by atoms with Gasteiger partial charge < -0.3 is 20.3 Å². The summed E-state index contributed by atoms with van der Waals surface area (Å²) in [4.78, 5) is 13.5. The van der Waals surface area contributed by atoms with Gasteiger partial charge in [-0.3, -0.25) is 9.52 Å². The SMILES string of the molecule is O=C(O)CNc1nc(F)c(Cl)c(Oc2ccc(O)c(S(=O)(=O)Nc3ccc(F)cc3)c2)c1Cl. The van der Waals surface area contributed by atoms with Gasteiger partial charge in [0.25, 0.3) is 10.0 Å². The number of pyridine rings is 1. The second-order valence-corrected chi connectivity index (χ2v) is 8.71. The molecule has 33 heavy (non-hydrogen) atoms. The smallest absolute Gasteiger partial charge is 0.322 e. The summed E-state index contributed by atoms with van der Waals surface area (Å²) in [5, 5.41) is 20.1. The maximum Gasteiger partial charge on any atom is 0.322 e. The number of phenols is 1. The van der Waals surface area contributed by atoms with E-state index in [4.69, 9.17) is 33.0 Å². The Kier molecular flexibility index (Phi) is 7.10. The molecule has 4 N–H and O–H groups in total. The highest BCUT2D eigenvalue weighted by molar-refractivity contribution is 7.92. The Labute approximate surface area is 195 Å². The van der Waals surface area contributed by atoms with Crippen LogP contribution in [0.4, 0.5) is 20.3 Å². The number of aromatic hydroxyl groups is 1. The number of hydrogen-bond donors (Lipinski definition) is 4. The van der Waals surface area contributed by atoms with Crippen LogP contribution in [0.3, 0.4) is 0 Å². The highest BCUT2D eigenvalue weighted by Gasteiger charge is 2.23. The van der Waals surface area contributed by atoms with Crippen molar-refractivity contribution < 1.29 is 36.9 Å². The molecule has 0 fully saturated rings. The number of carboxylic acids is 1. The Morgan fingerprint density at radius 1 is 1.09 bits per heavy atom. The molecular formula is C19H13Cl2F2N3O6S. The van der Waals surface area contributed by atoms with Gasteiger partial charge in [-0.25, -0.2) is 12.8 Å². The van der Waals surface area contributed by atoms with Crippen molar-refractivity contribution in [3.05, 3.63) is 64.3 Å². The molecule has 1 aromatic heterocycles. The predicted molar refractivity (Wildman–Crippen MR) is 116 cm³/mol. The topological polar surface area (TPSA) is 138 Å². The molecule has 1 heterocycles. The van der Waals surface area contributed by atoms with E-state index in [0.717, 1.165) is 30.3 Å². The van der Waals surface area contributed by atoms with Gasteiger partial charge in [-0.1, -0.05) is 23.2 Å². The maximum atomic E-state index is 14.1. The number of carbonyl (C=O) groups is 1. The van der Waals surface area contributed by atoms with Crippen molar-refractivity contribution >= 4 is 50.7 Å². The second-order valence-electron chi connectivity index (χ2n) is 6.30. The summed E-state index contributed by atoms with van der Waals surface area (Å²) in [6.45, 7) is -0.635. The first-order valence-corrected chi connectivity index (χ1v) is 11.0. The first-order chi connectivity index (χ1) is 15.5. The number of phenolic OH excluding ortho intramolecular Hbond substituents is 1. The first-order valence-electron chi connectivity index (χ1n) is 8.77. The van der Waals surface area contributed by atoms with Crippen molar-refractivity contribution in [3.63, 3.8) is 0 Å². The van der Waals surface area contributed by atoms with Crippen LogP contribution in [0.2, 0.25) is 10.0 Å². The van der Waals surface area contributed by atoms with Crippen LogP contribution in [0.1, 0.15) is 0 Å². The lowest BCUT2D eigenvalue weighted by Gasteiger charge is -2.15. The molecule has 0 bridgehead atoms. The average molecular weight is 520 g/mol. The molecule has 0 spiro atoms. The summed E-state index contributed by atoms with van der Waals surface area (Å²) < 4.78 is 60.2. The Morgan fingerprint density at radius 3 is 2.39 bits per heavy atom. The average Bonchev–Trinajstić information content (AvgIpc) is 2.75. The number of anilines is 2. The summed E-state index contributed by atoms with van der Waals surface area (Å²) in [5.74, 6) is -4.78. The zero-order valence-corrected chi connectivity index (χ0v) is 18.5. The molecule has 0 amide bonds. The van der Waals surface area contributed by atoms with E-state index >= 15 is 0 Å². The number of carboxylic acid groups (broad SMARTS) is 1. The molecule has 2 aromatic carbocycles. The van der Waals surface area contributed by atoms with Gasteiger partial charge in [0.15, 0.2) is 11.6 Å². The van der Waals surface area contributed by atoms with E-state index in [1.54, 1.807) is 0 Å². The van der Waals surface area contributed by atoms with Crippen LogP contribution in [0.15, 0.2) is 47.4 Å². The number of ether oxygens (including phenoxy) is 1. The molecule has 3 rings (SSSR count). The fourth-order valence-corrected chi connectivity index (χ4v) is 4.12. The van der Waals surface area contributed by atoms with Crippen molar-refractivity contribution in [2.24, 2.45) is 0 Å². The Bertz CT molecular complexity index is 1320. The largest absolute Gasteiger partial charge is 0.507 e. The minimum Gasteiger partial charge on any atom is -0.507 e. The van der Waals surface area contributed by atoms with Crippen LogP contribution in [0, 0.1) is 11.8 Å². The number of aliphatic carboxylic acids is 1. The van der Waals surface area contributed by atoms with Crippen molar-refractivity contribution in [1.29, 1.82) is 0 Å². The molecule has 0 radical (unpaired) electrons. The van der Waals surface area contributed by atoms with Crippen molar-refractivity contribution in [2.75, 3.05) is 16.6 Å². The van der Waals surface area contributed by atoms with Gasteiger partial charge in [0.05, 0.1) is 0 Å². The fourth-order valence-electron chi connectivity index (χ4n) is 2.48. The molecule has 3 aromatic rings. The lowest BCUT2D eigenvalue weighted by molar-refractivity contribution is -0.134. The monoisotopic (exact) mass is 519 g/mol. The molecule has 0 unspecified atom stereocenters. The van der Waals surface area contributed by atoms with Crippen molar-refractivity contribution in [3.8, 4) is 17.2 Å². The maximum absolute atomic E-state index is 14.1. The van der Waals surface area contributed by atoms with E-state index in [2.05, 4.69) is 15.0 Å². The molecule has 0 aliphatic rings. The molecule has 0 saturated heterocycles. The van der Waals surface area contributed by atoms with Gasteiger partial charge in [-0.15, -0.1) is 0 Å². The second kappa shape index (κ2) is 9.65. The van der Waals surface area contributed by atoms with E-state index < -0.39 is 55.7 Å². The lowest BCUT2D eigenvalue weighted by Crippen LogP contribution is -2.14. The van der Waals surface area contributed by atoms with Crippen LogP contribution < -0.4 is 14.8 Å². The minimum atomic E-state index is -4.36. The molecule has 0 aliphatic heterocycles. The molecule has 14 heteroatoms. The molecule has 174 valence electrons. The summed E-state index contributed by atoms with van der Waals surface area (Å²) in [5.41, 5.74) is 0.0264. The number of benzene rings is 2. The summed E-state index contributed by atoms with van der Waals surface area (Å²) in [6.07, 6.45) is 0. The standard InChI is InChI=1S/C19H13Cl2F2N3O6S/c20-15-17(16(21)19(25-18(15)23)24-8-14(28)29)32-11-5-6-12(27)13(7-11)33(30,31)26-10-3-1-9(22)2-4-10/h1-7,26-27H,8H2,(H,24,25)(H,28,29). The zero-order valence-electron chi connectivity index (χ0n) is 16.1. The Hall–Kier alpha value is -3.35. The Balaban J connectivity index is 1.95. The van der Waals surface area contributed by atoms with Crippen LogP contribution in [0.25, 0.3) is 0 Å². The highest BCUT2D eigenvalue weighted by Crippen LogP contribution is 2.42. The van der Waals surface area contributed by atoms with Gasteiger partial charge in [0.1, 0.15) is 38.8 Å². The quantitative estimate of drug-likeness (QED) is 0.320. The van der Waals surface area contributed by atoms with E-state index in [0.29, 0.717) is 0 Å². The van der Waals surface area contributed by atoms with Crippen LogP contribution in [0.5, 0.6) is 17.2 Å². The number of nitrogens with one attached hydrogen (secondary N) is 2. The minimum absolute atomic E-state index is 0.0264. The van der Waals surface area contributed by atoms with Gasteiger partial charge in [-0.05, 0) is 36.4 Å². The van der Waals surface area contributed by atoms with E-state index in [9.17, 15) is 27.1 Å². The van der Waals surface area contributed by atoms with Gasteiger partial charge in [0.2, 0.25) is 5.95 Å². The number of sulfonamides is 1. The van der Waals surface area contributed by atoms with Gasteiger partial charge in [-0.2, -0.15) is 9.37 Å². The number of halogens is 4. The molecule has 0 atom stereocenters. The number of hydrogen-bond acceptors (Lipinski definition) is 7. The highest BCUT2D eigenvalue weighted by atomic mass is 35.5. The molecule has 9 nitrogen and oxygen atoms in total. The van der Waals surface area contributed by atoms with Crippen molar-refractivity contribution in [2.45, 2.75) is 4.90 Å². The third-order valence-corrected chi connectivity index (χ3v) is 6.03. The number of rotatable bonds is 8.